The third kappa shape index (κ3) is 3.00. The van der Waals surface area contributed by atoms with Crippen molar-refractivity contribution in [2.45, 2.75) is 47.0 Å². The SMILES string of the molecule is CCCC1C(C)C(C)C(CCN(C)C)C1C. The zero-order valence-corrected chi connectivity index (χ0v) is 12.2. The minimum atomic E-state index is 0.923. The summed E-state index contributed by atoms with van der Waals surface area (Å²) >= 11 is 0. The normalized spacial score (nSPS) is 39.6. The molecule has 0 amide bonds. The van der Waals surface area contributed by atoms with E-state index in [1.807, 2.05) is 0 Å². The van der Waals surface area contributed by atoms with Crippen molar-refractivity contribution < 1.29 is 0 Å². The molecule has 0 spiro atoms. The second-order valence-electron chi connectivity index (χ2n) is 6.29. The summed E-state index contributed by atoms with van der Waals surface area (Å²) in [5.41, 5.74) is 0. The number of nitrogens with zero attached hydrogens (tertiary/aromatic N) is 1. The Morgan fingerprint density at radius 3 is 1.75 bits per heavy atom. The van der Waals surface area contributed by atoms with Gasteiger partial charge in [-0.3, -0.25) is 0 Å². The summed E-state index contributed by atoms with van der Waals surface area (Å²) in [6, 6.07) is 0. The van der Waals surface area contributed by atoms with E-state index in [1.54, 1.807) is 0 Å². The average Bonchev–Trinajstić information content (AvgIpc) is 2.41. The monoisotopic (exact) mass is 225 g/mol. The standard InChI is InChI=1S/C15H31N/c1-7-8-14-11(2)12(3)15(13(14)4)9-10-16(5)6/h11-15H,7-10H2,1-6H3. The van der Waals surface area contributed by atoms with E-state index in [1.165, 1.54) is 25.8 Å². The number of hydrogen-bond acceptors (Lipinski definition) is 1. The van der Waals surface area contributed by atoms with Gasteiger partial charge in [0.25, 0.3) is 0 Å². The molecule has 1 fully saturated rings. The smallest absolute Gasteiger partial charge is 0.00220 e. The molecule has 1 saturated carbocycles. The minimum Gasteiger partial charge on any atom is -0.309 e. The molecule has 1 nitrogen and oxygen atoms in total. The molecule has 5 unspecified atom stereocenters. The first-order valence-corrected chi connectivity index (χ1v) is 7.13. The fraction of sp³-hybridized carbons (Fsp3) is 1.00. The first kappa shape index (κ1) is 14.0. The molecular weight excluding hydrogens is 194 g/mol. The molecule has 0 aliphatic heterocycles. The molecule has 0 N–H and O–H groups in total. The first-order chi connectivity index (χ1) is 7.49. The van der Waals surface area contributed by atoms with Crippen LogP contribution in [0.4, 0.5) is 0 Å². The number of hydrogen-bond donors (Lipinski definition) is 0. The Hall–Kier alpha value is -0.0400. The predicted octanol–water partition coefficient (Wildman–Crippen LogP) is 3.89. The van der Waals surface area contributed by atoms with Crippen molar-refractivity contribution in [2.24, 2.45) is 29.6 Å². The quantitative estimate of drug-likeness (QED) is 0.686. The van der Waals surface area contributed by atoms with Crippen LogP contribution in [0, 0.1) is 29.6 Å². The first-order valence-electron chi connectivity index (χ1n) is 7.13. The number of rotatable bonds is 5. The van der Waals surface area contributed by atoms with Gasteiger partial charge in [0.1, 0.15) is 0 Å². The van der Waals surface area contributed by atoms with Crippen molar-refractivity contribution in [2.75, 3.05) is 20.6 Å². The summed E-state index contributed by atoms with van der Waals surface area (Å²) < 4.78 is 0. The molecule has 1 heteroatoms. The van der Waals surface area contributed by atoms with Gasteiger partial charge in [-0.25, -0.2) is 0 Å². The van der Waals surface area contributed by atoms with Gasteiger partial charge in [0.05, 0.1) is 0 Å². The van der Waals surface area contributed by atoms with Crippen LogP contribution in [0.3, 0.4) is 0 Å². The molecule has 1 aliphatic rings. The molecule has 0 aromatic rings. The summed E-state index contributed by atoms with van der Waals surface area (Å²) in [6.45, 7) is 11.1. The second kappa shape index (κ2) is 6.05. The summed E-state index contributed by atoms with van der Waals surface area (Å²) in [5, 5.41) is 0. The summed E-state index contributed by atoms with van der Waals surface area (Å²) in [5.74, 6) is 4.72. The van der Waals surface area contributed by atoms with Crippen molar-refractivity contribution in [3.05, 3.63) is 0 Å². The van der Waals surface area contributed by atoms with Crippen molar-refractivity contribution in [3.8, 4) is 0 Å². The van der Waals surface area contributed by atoms with Gasteiger partial charge in [-0.1, -0.05) is 40.5 Å². The van der Waals surface area contributed by atoms with Crippen LogP contribution in [-0.4, -0.2) is 25.5 Å². The van der Waals surface area contributed by atoms with Gasteiger partial charge in [0.2, 0.25) is 0 Å². The molecule has 0 bridgehead atoms. The fourth-order valence-corrected chi connectivity index (χ4v) is 3.85. The Bertz CT molecular complexity index is 200. The van der Waals surface area contributed by atoms with E-state index < -0.39 is 0 Å². The molecule has 1 rings (SSSR count). The van der Waals surface area contributed by atoms with Crippen molar-refractivity contribution >= 4 is 0 Å². The Balaban J connectivity index is 2.57. The maximum Gasteiger partial charge on any atom is -0.00220 e. The Kier molecular flexibility index (Phi) is 5.30. The summed E-state index contributed by atoms with van der Waals surface area (Å²) in [7, 11) is 4.38. The van der Waals surface area contributed by atoms with Crippen LogP contribution in [0.1, 0.15) is 47.0 Å². The molecule has 16 heavy (non-hydrogen) atoms. The highest BCUT2D eigenvalue weighted by atomic mass is 15.0. The van der Waals surface area contributed by atoms with E-state index >= 15 is 0 Å². The maximum atomic E-state index is 2.50. The van der Waals surface area contributed by atoms with Crippen molar-refractivity contribution in [1.82, 2.24) is 4.90 Å². The lowest BCUT2D eigenvalue weighted by Crippen LogP contribution is -2.21. The molecule has 1 aliphatic carbocycles. The lowest BCUT2D eigenvalue weighted by atomic mass is 9.85. The molecule has 96 valence electrons. The van der Waals surface area contributed by atoms with E-state index in [4.69, 9.17) is 0 Å². The van der Waals surface area contributed by atoms with E-state index in [2.05, 4.69) is 46.7 Å². The average molecular weight is 225 g/mol. The highest BCUT2D eigenvalue weighted by molar-refractivity contribution is 4.91. The fourth-order valence-electron chi connectivity index (χ4n) is 3.85. The molecule has 0 heterocycles. The van der Waals surface area contributed by atoms with Gasteiger partial charge < -0.3 is 4.90 Å². The van der Waals surface area contributed by atoms with E-state index in [9.17, 15) is 0 Å². The van der Waals surface area contributed by atoms with E-state index in [-0.39, 0.29) is 0 Å². The van der Waals surface area contributed by atoms with E-state index in [0.717, 1.165) is 29.6 Å². The van der Waals surface area contributed by atoms with Gasteiger partial charge in [-0.2, -0.15) is 0 Å². The van der Waals surface area contributed by atoms with Gasteiger partial charge in [0.15, 0.2) is 0 Å². The van der Waals surface area contributed by atoms with Crippen LogP contribution in [0.5, 0.6) is 0 Å². The topological polar surface area (TPSA) is 3.24 Å². The molecule has 0 radical (unpaired) electrons. The lowest BCUT2D eigenvalue weighted by molar-refractivity contribution is 0.255. The van der Waals surface area contributed by atoms with Gasteiger partial charge >= 0.3 is 0 Å². The third-order valence-electron chi connectivity index (χ3n) is 5.06. The van der Waals surface area contributed by atoms with E-state index in [0.29, 0.717) is 0 Å². The van der Waals surface area contributed by atoms with Crippen LogP contribution in [0.15, 0.2) is 0 Å². The lowest BCUT2D eigenvalue weighted by Gasteiger charge is -2.23. The predicted molar refractivity (Wildman–Crippen MR) is 72.6 cm³/mol. The summed E-state index contributed by atoms with van der Waals surface area (Å²) in [6.07, 6.45) is 4.18. The van der Waals surface area contributed by atoms with Gasteiger partial charge in [0, 0.05) is 0 Å². The molecular formula is C15H31N. The van der Waals surface area contributed by atoms with Crippen molar-refractivity contribution in [3.63, 3.8) is 0 Å². The van der Waals surface area contributed by atoms with Crippen LogP contribution in [0.25, 0.3) is 0 Å². The minimum absolute atomic E-state index is 0.923. The largest absolute Gasteiger partial charge is 0.309 e. The third-order valence-corrected chi connectivity index (χ3v) is 5.06. The Morgan fingerprint density at radius 2 is 1.31 bits per heavy atom. The van der Waals surface area contributed by atoms with Crippen LogP contribution in [0.2, 0.25) is 0 Å². The maximum absolute atomic E-state index is 2.50. The molecule has 0 aromatic heterocycles. The van der Waals surface area contributed by atoms with Gasteiger partial charge in [-0.15, -0.1) is 0 Å². The Morgan fingerprint density at radius 1 is 0.812 bits per heavy atom. The zero-order chi connectivity index (χ0) is 12.3. The molecule has 0 saturated heterocycles. The van der Waals surface area contributed by atoms with Crippen molar-refractivity contribution in [1.29, 1.82) is 0 Å². The van der Waals surface area contributed by atoms with Crippen LogP contribution in [-0.2, 0) is 0 Å². The summed E-state index contributed by atoms with van der Waals surface area (Å²) in [4.78, 5) is 2.33. The molecule has 5 atom stereocenters. The zero-order valence-electron chi connectivity index (χ0n) is 12.2. The van der Waals surface area contributed by atoms with Crippen LogP contribution >= 0.6 is 0 Å². The second-order valence-corrected chi connectivity index (χ2v) is 6.29. The van der Waals surface area contributed by atoms with Crippen LogP contribution < -0.4 is 0 Å². The Labute approximate surface area is 103 Å². The van der Waals surface area contributed by atoms with Gasteiger partial charge in [-0.05, 0) is 56.7 Å². The molecule has 0 aromatic carbocycles. The highest BCUT2D eigenvalue weighted by Crippen LogP contribution is 2.48. The highest BCUT2D eigenvalue weighted by Gasteiger charge is 2.42.